The molecule has 0 aromatic carbocycles. The van der Waals surface area contributed by atoms with Gasteiger partial charge in [0.05, 0.1) is 0 Å². The summed E-state index contributed by atoms with van der Waals surface area (Å²) in [4.78, 5) is 0. The van der Waals surface area contributed by atoms with Crippen LogP contribution in [-0.2, 0) is 11.4 Å². The van der Waals surface area contributed by atoms with Gasteiger partial charge in [-0.1, -0.05) is 0 Å². The van der Waals surface area contributed by atoms with Crippen molar-refractivity contribution in [3.63, 3.8) is 0 Å². The van der Waals surface area contributed by atoms with Crippen LogP contribution >= 0.6 is 0 Å². The topological polar surface area (TPSA) is 57.5 Å². The predicted molar refractivity (Wildman–Crippen MR) is 20.3 cm³/mol. The van der Waals surface area contributed by atoms with Crippen LogP contribution < -0.4 is 0 Å². The standard InChI is InChI=1S/Al.H2O3S/c;1-4(2)3/h;(H2,1,2,3)/q+3;/p+1. The minimum atomic E-state index is -2.61. The Morgan fingerprint density at radius 1 is 1.60 bits per heavy atom. The maximum absolute atomic E-state index is 8.67. The maximum atomic E-state index is 8.67. The molecule has 0 aliphatic rings. The fourth-order valence-corrected chi connectivity index (χ4v) is 0. The molecule has 0 rings (SSSR count). The molecule has 0 saturated carbocycles. The summed E-state index contributed by atoms with van der Waals surface area (Å²) in [6.07, 6.45) is 0. The zero-order valence-electron chi connectivity index (χ0n) is 3.29. The third-order valence-corrected chi connectivity index (χ3v) is 0. The van der Waals surface area contributed by atoms with Gasteiger partial charge in [-0.15, -0.1) is 0 Å². The van der Waals surface area contributed by atoms with Gasteiger partial charge in [0.1, 0.15) is 0 Å². The van der Waals surface area contributed by atoms with Gasteiger partial charge in [0, 0.05) is 0 Å². The molecule has 0 aliphatic carbocycles. The largest absolute Gasteiger partial charge is 3.00 e. The SMILES string of the molecule is O=S(O)O.[Al+3].[H+]. The Balaban J connectivity index is -0.0000000450. The summed E-state index contributed by atoms with van der Waals surface area (Å²) in [6, 6.07) is 0. The van der Waals surface area contributed by atoms with Crippen molar-refractivity contribution in [1.82, 2.24) is 0 Å². The van der Waals surface area contributed by atoms with Crippen LogP contribution in [0, 0.1) is 0 Å². The molecular weight excluding hydrogens is 107 g/mol. The molecule has 0 unspecified atom stereocenters. The predicted octanol–water partition coefficient (Wildman–Crippen LogP) is -0.587. The minimum absolute atomic E-state index is 0. The Morgan fingerprint density at radius 3 is 1.60 bits per heavy atom. The first-order chi connectivity index (χ1) is 1.73. The second-order valence-electron chi connectivity index (χ2n) is 0.231. The van der Waals surface area contributed by atoms with Crippen LogP contribution in [-0.4, -0.2) is 30.7 Å². The average Bonchev–Trinajstić information content (AvgIpc) is 0.811. The quantitative estimate of drug-likeness (QED) is 0.324. The summed E-state index contributed by atoms with van der Waals surface area (Å²) < 4.78 is 22.8. The molecule has 0 heterocycles. The normalized spacial score (nSPS) is 7.00. The fourth-order valence-electron chi connectivity index (χ4n) is 0. The molecule has 0 atom stereocenters. The van der Waals surface area contributed by atoms with Crippen LogP contribution in [0.3, 0.4) is 0 Å². The molecule has 0 radical (unpaired) electrons. The first-order valence-corrected chi connectivity index (χ1v) is 1.60. The van der Waals surface area contributed by atoms with Gasteiger partial charge in [0.25, 0.3) is 11.4 Å². The monoisotopic (exact) mass is 110 g/mol. The molecule has 5 heteroatoms. The second kappa shape index (κ2) is 4.60. The van der Waals surface area contributed by atoms with Crippen molar-refractivity contribution in [1.29, 1.82) is 0 Å². The number of hydrogen-bond donors (Lipinski definition) is 2. The Kier molecular flexibility index (Phi) is 8.42. The van der Waals surface area contributed by atoms with Gasteiger partial charge in [-0.05, 0) is 0 Å². The third kappa shape index (κ3) is 85.9. The van der Waals surface area contributed by atoms with Gasteiger partial charge >= 0.3 is 18.8 Å². The smallest absolute Gasteiger partial charge is 0.284 e. The number of hydrogen-bond acceptors (Lipinski definition) is 1. The Bertz CT molecular complexity index is 33.8. The molecular formula is H3AlO3S+4. The summed E-state index contributed by atoms with van der Waals surface area (Å²) in [5.41, 5.74) is 0. The first kappa shape index (κ1) is 9.14. The first-order valence-electron chi connectivity index (χ1n) is 0.532. The Morgan fingerprint density at radius 2 is 1.60 bits per heavy atom. The molecule has 0 fully saturated rings. The molecule has 0 aromatic heterocycles. The van der Waals surface area contributed by atoms with Crippen LogP contribution in [0.2, 0.25) is 0 Å². The third-order valence-electron chi connectivity index (χ3n) is 0. The van der Waals surface area contributed by atoms with E-state index in [1.807, 2.05) is 0 Å². The van der Waals surface area contributed by atoms with E-state index in [1.54, 1.807) is 0 Å². The molecule has 0 saturated heterocycles. The zero-order chi connectivity index (χ0) is 3.58. The van der Waals surface area contributed by atoms with Gasteiger partial charge in [-0.2, -0.15) is 4.21 Å². The second-order valence-corrected chi connectivity index (χ2v) is 0.692. The molecule has 3 nitrogen and oxygen atoms in total. The van der Waals surface area contributed by atoms with Gasteiger partial charge in [-0.25, -0.2) is 0 Å². The van der Waals surface area contributed by atoms with Crippen LogP contribution in [0.4, 0.5) is 0 Å². The van der Waals surface area contributed by atoms with Crippen molar-refractivity contribution in [3.8, 4) is 0 Å². The fraction of sp³-hybridized carbons (Fsp3) is 0. The van der Waals surface area contributed by atoms with E-state index in [1.165, 1.54) is 0 Å². The van der Waals surface area contributed by atoms with Crippen LogP contribution in [0.5, 0.6) is 0 Å². The Hall–Kier alpha value is 0.602. The van der Waals surface area contributed by atoms with Crippen molar-refractivity contribution in [2.45, 2.75) is 0 Å². The van der Waals surface area contributed by atoms with Crippen molar-refractivity contribution < 1.29 is 14.7 Å². The summed E-state index contributed by atoms with van der Waals surface area (Å²) in [6.45, 7) is 0. The summed E-state index contributed by atoms with van der Waals surface area (Å²) in [5, 5.41) is 0. The average molecular weight is 110 g/mol. The molecule has 0 spiro atoms. The van der Waals surface area contributed by atoms with E-state index < -0.39 is 11.4 Å². The molecule has 0 aliphatic heterocycles. The molecule has 0 bridgehead atoms. The molecule has 0 amide bonds. The van der Waals surface area contributed by atoms with Crippen molar-refractivity contribution in [2.75, 3.05) is 0 Å². The van der Waals surface area contributed by atoms with Crippen molar-refractivity contribution in [2.24, 2.45) is 0 Å². The van der Waals surface area contributed by atoms with Gasteiger partial charge in [-0.3, -0.25) is 9.11 Å². The van der Waals surface area contributed by atoms with E-state index in [4.69, 9.17) is 13.3 Å². The summed E-state index contributed by atoms with van der Waals surface area (Å²) >= 11 is -2.61. The van der Waals surface area contributed by atoms with Crippen molar-refractivity contribution in [3.05, 3.63) is 0 Å². The van der Waals surface area contributed by atoms with E-state index >= 15 is 0 Å². The summed E-state index contributed by atoms with van der Waals surface area (Å²) in [7, 11) is 0. The van der Waals surface area contributed by atoms with Gasteiger partial charge in [0.2, 0.25) is 0 Å². The van der Waals surface area contributed by atoms with E-state index in [0.29, 0.717) is 0 Å². The van der Waals surface area contributed by atoms with E-state index in [0.717, 1.165) is 0 Å². The van der Waals surface area contributed by atoms with Gasteiger partial charge in [0.15, 0.2) is 0 Å². The molecule has 5 heavy (non-hydrogen) atoms. The van der Waals surface area contributed by atoms with Crippen LogP contribution in [0.1, 0.15) is 1.43 Å². The van der Waals surface area contributed by atoms with E-state index in [-0.39, 0.29) is 18.8 Å². The van der Waals surface area contributed by atoms with Crippen LogP contribution in [0.25, 0.3) is 0 Å². The zero-order valence-corrected chi connectivity index (χ0v) is 4.26. The van der Waals surface area contributed by atoms with Gasteiger partial charge < -0.3 is 0 Å². The molecule has 26 valence electrons. The van der Waals surface area contributed by atoms with Crippen molar-refractivity contribution >= 4 is 28.7 Å². The van der Waals surface area contributed by atoms with E-state index in [9.17, 15) is 0 Å². The molecule has 2 N–H and O–H groups in total. The maximum Gasteiger partial charge on any atom is 3.00 e. The Labute approximate surface area is 44.1 Å². The van der Waals surface area contributed by atoms with Crippen LogP contribution in [0.15, 0.2) is 0 Å². The molecule has 0 aromatic rings. The van der Waals surface area contributed by atoms with E-state index in [2.05, 4.69) is 0 Å². The minimum Gasteiger partial charge on any atom is -0.284 e. The summed E-state index contributed by atoms with van der Waals surface area (Å²) in [5.74, 6) is 0. The number of rotatable bonds is 0.